The van der Waals surface area contributed by atoms with Crippen molar-refractivity contribution in [1.29, 1.82) is 0 Å². The van der Waals surface area contributed by atoms with Crippen LogP contribution in [0, 0.1) is 13.8 Å². The summed E-state index contributed by atoms with van der Waals surface area (Å²) >= 11 is 0. The number of H-pyrrole nitrogens is 1. The molecule has 2 N–H and O–H groups in total. The zero-order chi connectivity index (χ0) is 22.9. The van der Waals surface area contributed by atoms with E-state index < -0.39 is 0 Å². The number of tetrazole rings is 1. The number of hydrogen-bond donors (Lipinski definition) is 2. The largest absolute Gasteiger partial charge is 0.455 e. The summed E-state index contributed by atoms with van der Waals surface area (Å²) < 4.78 is 6.41. The van der Waals surface area contributed by atoms with Crippen LogP contribution < -0.4 is 10.7 Å². The highest BCUT2D eigenvalue weighted by Crippen LogP contribution is 2.33. The van der Waals surface area contributed by atoms with Crippen molar-refractivity contribution in [3.05, 3.63) is 87.7 Å². The van der Waals surface area contributed by atoms with Gasteiger partial charge in [0.2, 0.25) is 5.82 Å². The van der Waals surface area contributed by atoms with Crippen molar-refractivity contribution >= 4 is 16.8 Å². The number of anilines is 1. The number of nitrogens with zero attached hydrogens (tertiary/aromatic N) is 4. The number of aromatic amines is 1. The maximum atomic E-state index is 13.3. The second-order valence-corrected chi connectivity index (χ2v) is 7.98. The van der Waals surface area contributed by atoms with E-state index in [4.69, 9.17) is 4.42 Å². The molecule has 1 atom stereocenters. The highest BCUT2D eigenvalue weighted by atomic mass is 16.3. The lowest BCUT2D eigenvalue weighted by Crippen LogP contribution is -2.13. The molecule has 2 aromatic carbocycles. The first-order valence-corrected chi connectivity index (χ1v) is 10.6. The third-order valence-electron chi connectivity index (χ3n) is 5.64. The molecule has 3 heterocycles. The molecule has 0 aliphatic carbocycles. The normalized spacial score (nSPS) is 12.1. The first-order valence-electron chi connectivity index (χ1n) is 10.6. The van der Waals surface area contributed by atoms with Crippen molar-refractivity contribution in [1.82, 2.24) is 25.6 Å². The summed E-state index contributed by atoms with van der Waals surface area (Å²) in [5, 5.41) is 18.3. The first kappa shape index (κ1) is 20.6. The lowest BCUT2D eigenvalue weighted by atomic mass is 9.99. The molecular weight excluding hydrogens is 416 g/mol. The van der Waals surface area contributed by atoms with Crippen molar-refractivity contribution in [2.75, 3.05) is 5.32 Å². The summed E-state index contributed by atoms with van der Waals surface area (Å²) in [6.07, 6.45) is 1.70. The molecule has 0 spiro atoms. The molecule has 5 rings (SSSR count). The summed E-state index contributed by atoms with van der Waals surface area (Å²) in [6, 6.07) is 17.1. The predicted octanol–water partition coefficient (Wildman–Crippen LogP) is 4.83. The van der Waals surface area contributed by atoms with Crippen molar-refractivity contribution in [3.63, 3.8) is 0 Å². The Hall–Kier alpha value is -4.33. The summed E-state index contributed by atoms with van der Waals surface area (Å²) in [4.78, 5) is 17.8. The SMILES string of the molecule is Cc1cc(C(C)Nc2ncccc2-c2nn[nH]n2)c2oc(-c3ccccc3)c(C)c(=O)c2c1. The van der Waals surface area contributed by atoms with Crippen LogP contribution in [0.5, 0.6) is 0 Å². The Bertz CT molecular complexity index is 1490. The Kier molecular flexibility index (Phi) is 5.18. The Balaban J connectivity index is 1.64. The van der Waals surface area contributed by atoms with Gasteiger partial charge in [0.05, 0.1) is 17.0 Å². The van der Waals surface area contributed by atoms with E-state index in [2.05, 4.69) is 30.9 Å². The van der Waals surface area contributed by atoms with Crippen LogP contribution in [0.4, 0.5) is 5.82 Å². The van der Waals surface area contributed by atoms with Gasteiger partial charge in [-0.3, -0.25) is 4.79 Å². The molecule has 8 nitrogen and oxygen atoms in total. The van der Waals surface area contributed by atoms with Crippen LogP contribution in [0.15, 0.2) is 70.0 Å². The van der Waals surface area contributed by atoms with Gasteiger partial charge in [0.1, 0.15) is 17.2 Å². The highest BCUT2D eigenvalue weighted by molar-refractivity contribution is 5.84. The van der Waals surface area contributed by atoms with Gasteiger partial charge in [0.25, 0.3) is 0 Å². The zero-order valence-electron chi connectivity index (χ0n) is 18.5. The zero-order valence-corrected chi connectivity index (χ0v) is 18.5. The standard InChI is InChI=1S/C25H22N6O2/c1-14-12-19(16(3)27-24-18(10-7-11-26-24)25-28-30-31-29-25)23-20(13-14)21(32)15(2)22(33-23)17-8-5-4-6-9-17/h4-13,16H,1-3H3,(H,26,27)(H,28,29,30,31). The minimum atomic E-state index is -0.220. The molecule has 0 aliphatic heterocycles. The molecule has 0 amide bonds. The van der Waals surface area contributed by atoms with E-state index in [9.17, 15) is 4.79 Å². The van der Waals surface area contributed by atoms with E-state index in [1.165, 1.54) is 0 Å². The van der Waals surface area contributed by atoms with Gasteiger partial charge in [0, 0.05) is 22.9 Å². The topological polar surface area (TPSA) is 110 Å². The average molecular weight is 438 g/mol. The number of fused-ring (bicyclic) bond motifs is 1. The number of nitrogens with one attached hydrogen (secondary N) is 2. The molecule has 0 aliphatic rings. The van der Waals surface area contributed by atoms with Gasteiger partial charge in [-0.05, 0) is 49.7 Å². The number of rotatable bonds is 5. The van der Waals surface area contributed by atoms with Gasteiger partial charge in [-0.25, -0.2) is 4.98 Å². The van der Waals surface area contributed by atoms with E-state index in [0.29, 0.717) is 33.9 Å². The fourth-order valence-corrected chi connectivity index (χ4v) is 4.01. The van der Waals surface area contributed by atoms with Gasteiger partial charge in [0.15, 0.2) is 5.43 Å². The smallest absolute Gasteiger partial charge is 0.208 e. The monoisotopic (exact) mass is 438 g/mol. The Labute approximate surface area is 189 Å². The van der Waals surface area contributed by atoms with Crippen LogP contribution >= 0.6 is 0 Å². The summed E-state index contributed by atoms with van der Waals surface area (Å²) in [5.41, 5.74) is 4.55. The molecule has 3 aromatic heterocycles. The van der Waals surface area contributed by atoms with E-state index in [-0.39, 0.29) is 11.5 Å². The van der Waals surface area contributed by atoms with Crippen LogP contribution in [0.25, 0.3) is 33.7 Å². The summed E-state index contributed by atoms with van der Waals surface area (Å²) in [7, 11) is 0. The number of hydrogen-bond acceptors (Lipinski definition) is 7. The number of benzene rings is 2. The maximum Gasteiger partial charge on any atom is 0.208 e. The predicted molar refractivity (Wildman–Crippen MR) is 127 cm³/mol. The van der Waals surface area contributed by atoms with E-state index in [0.717, 1.165) is 22.3 Å². The van der Waals surface area contributed by atoms with Crippen molar-refractivity contribution in [2.45, 2.75) is 26.8 Å². The third kappa shape index (κ3) is 3.76. The molecule has 0 bridgehead atoms. The molecule has 33 heavy (non-hydrogen) atoms. The molecule has 0 saturated heterocycles. The molecule has 1 unspecified atom stereocenters. The van der Waals surface area contributed by atoms with Crippen LogP contribution in [-0.2, 0) is 0 Å². The van der Waals surface area contributed by atoms with E-state index in [1.54, 1.807) is 6.20 Å². The minimum Gasteiger partial charge on any atom is -0.455 e. The van der Waals surface area contributed by atoms with Gasteiger partial charge in [-0.2, -0.15) is 5.21 Å². The Morgan fingerprint density at radius 3 is 2.64 bits per heavy atom. The maximum absolute atomic E-state index is 13.3. The van der Waals surface area contributed by atoms with Crippen LogP contribution in [-0.4, -0.2) is 25.6 Å². The lowest BCUT2D eigenvalue weighted by Gasteiger charge is -2.19. The number of pyridine rings is 1. The van der Waals surface area contributed by atoms with Crippen LogP contribution in [0.3, 0.4) is 0 Å². The highest BCUT2D eigenvalue weighted by Gasteiger charge is 2.20. The van der Waals surface area contributed by atoms with Crippen LogP contribution in [0.1, 0.15) is 29.7 Å². The Morgan fingerprint density at radius 2 is 1.88 bits per heavy atom. The first-order chi connectivity index (χ1) is 16.0. The minimum absolute atomic E-state index is 0.0300. The Morgan fingerprint density at radius 1 is 1.06 bits per heavy atom. The summed E-state index contributed by atoms with van der Waals surface area (Å²) in [5.74, 6) is 1.63. The molecule has 5 aromatic rings. The fraction of sp³-hybridized carbons (Fsp3) is 0.160. The molecule has 8 heteroatoms. The molecule has 0 radical (unpaired) electrons. The van der Waals surface area contributed by atoms with Gasteiger partial charge in [-0.15, -0.1) is 10.2 Å². The second kappa shape index (κ2) is 8.31. The van der Waals surface area contributed by atoms with Crippen molar-refractivity contribution in [3.8, 4) is 22.7 Å². The van der Waals surface area contributed by atoms with Gasteiger partial charge >= 0.3 is 0 Å². The number of aryl methyl sites for hydroxylation is 1. The second-order valence-electron chi connectivity index (χ2n) is 7.98. The number of aromatic nitrogens is 5. The van der Waals surface area contributed by atoms with Crippen molar-refractivity contribution < 1.29 is 4.42 Å². The quantitative estimate of drug-likeness (QED) is 0.405. The van der Waals surface area contributed by atoms with E-state index in [1.807, 2.05) is 75.4 Å². The fourth-order valence-electron chi connectivity index (χ4n) is 4.01. The molecular formula is C25H22N6O2. The molecule has 164 valence electrons. The third-order valence-corrected chi connectivity index (χ3v) is 5.64. The summed E-state index contributed by atoms with van der Waals surface area (Å²) in [6.45, 7) is 5.79. The van der Waals surface area contributed by atoms with E-state index >= 15 is 0 Å². The lowest BCUT2D eigenvalue weighted by molar-refractivity contribution is 0.605. The van der Waals surface area contributed by atoms with Crippen LogP contribution in [0.2, 0.25) is 0 Å². The van der Waals surface area contributed by atoms with Gasteiger partial charge < -0.3 is 9.73 Å². The molecule has 0 saturated carbocycles. The van der Waals surface area contributed by atoms with Crippen molar-refractivity contribution in [2.24, 2.45) is 0 Å². The van der Waals surface area contributed by atoms with Gasteiger partial charge in [-0.1, -0.05) is 36.4 Å². The molecule has 0 fully saturated rings. The average Bonchev–Trinajstić information content (AvgIpc) is 3.37.